The second-order valence-corrected chi connectivity index (χ2v) is 1.45. The van der Waals surface area contributed by atoms with Crippen molar-refractivity contribution in [3.8, 4) is 0 Å². The minimum Gasteiger partial charge on any atom is -0.328 e. The highest BCUT2D eigenvalue weighted by Gasteiger charge is 2.01. The Bertz CT molecular complexity index is 74.5. The SMILES string of the molecule is CC.CC.CC(=O)[C@H](N)CN. The highest BCUT2D eigenvalue weighted by molar-refractivity contribution is 5.81. The molecule has 0 amide bonds. The van der Waals surface area contributed by atoms with Crippen molar-refractivity contribution in [2.45, 2.75) is 40.7 Å². The molecule has 0 rings (SSSR count). The maximum atomic E-state index is 10.2. The van der Waals surface area contributed by atoms with E-state index in [1.807, 2.05) is 27.7 Å². The molecular weight excluding hydrogens is 140 g/mol. The quantitative estimate of drug-likeness (QED) is 0.634. The number of nitrogens with two attached hydrogens (primary N) is 2. The van der Waals surface area contributed by atoms with Gasteiger partial charge in [0.05, 0.1) is 6.04 Å². The molecule has 11 heavy (non-hydrogen) atoms. The fraction of sp³-hybridized carbons (Fsp3) is 0.875. The Labute approximate surface area is 70.1 Å². The molecule has 0 aromatic rings. The fourth-order valence-corrected chi connectivity index (χ4v) is 0.166. The number of Topliss-reactive ketones (excluding diaryl/α,β-unsaturated/α-hetero) is 1. The molecule has 0 saturated carbocycles. The Balaban J connectivity index is -0.000000138. The van der Waals surface area contributed by atoms with E-state index in [1.54, 1.807) is 0 Å². The number of hydrogen-bond donors (Lipinski definition) is 2. The van der Waals surface area contributed by atoms with E-state index in [9.17, 15) is 4.79 Å². The van der Waals surface area contributed by atoms with E-state index in [0.29, 0.717) is 0 Å². The van der Waals surface area contributed by atoms with Crippen LogP contribution in [0, 0.1) is 0 Å². The summed E-state index contributed by atoms with van der Waals surface area (Å²) >= 11 is 0. The van der Waals surface area contributed by atoms with Gasteiger partial charge in [0, 0.05) is 6.54 Å². The smallest absolute Gasteiger partial charge is 0.147 e. The Morgan fingerprint density at radius 2 is 1.55 bits per heavy atom. The van der Waals surface area contributed by atoms with E-state index in [-0.39, 0.29) is 12.3 Å². The third kappa shape index (κ3) is 17.7. The van der Waals surface area contributed by atoms with Crippen molar-refractivity contribution in [1.82, 2.24) is 0 Å². The first-order valence-corrected chi connectivity index (χ1v) is 4.14. The second kappa shape index (κ2) is 16.3. The largest absolute Gasteiger partial charge is 0.328 e. The summed E-state index contributed by atoms with van der Waals surface area (Å²) in [5.74, 6) is -0.0532. The maximum Gasteiger partial charge on any atom is 0.147 e. The van der Waals surface area contributed by atoms with Gasteiger partial charge < -0.3 is 11.5 Å². The molecule has 0 aromatic heterocycles. The zero-order valence-corrected chi connectivity index (χ0v) is 8.35. The van der Waals surface area contributed by atoms with Crippen molar-refractivity contribution < 1.29 is 4.79 Å². The lowest BCUT2D eigenvalue weighted by atomic mass is 10.2. The summed E-state index contributed by atoms with van der Waals surface area (Å²) in [6.45, 7) is 9.67. The van der Waals surface area contributed by atoms with Crippen LogP contribution in [0.1, 0.15) is 34.6 Å². The summed E-state index contributed by atoms with van der Waals surface area (Å²) in [6, 6.07) is -0.458. The van der Waals surface area contributed by atoms with Crippen molar-refractivity contribution >= 4 is 5.78 Å². The van der Waals surface area contributed by atoms with Crippen molar-refractivity contribution in [3.63, 3.8) is 0 Å². The van der Waals surface area contributed by atoms with Crippen molar-refractivity contribution in [3.05, 3.63) is 0 Å². The van der Waals surface area contributed by atoms with E-state index in [4.69, 9.17) is 11.5 Å². The van der Waals surface area contributed by atoms with Crippen molar-refractivity contribution in [1.29, 1.82) is 0 Å². The highest BCUT2D eigenvalue weighted by atomic mass is 16.1. The minimum absolute atomic E-state index is 0.0532. The number of ketones is 1. The molecule has 0 unspecified atom stereocenters. The third-order valence-electron chi connectivity index (χ3n) is 0.776. The molecule has 0 aromatic carbocycles. The molecule has 1 atom stereocenters. The molecule has 0 heterocycles. The predicted molar refractivity (Wildman–Crippen MR) is 50.4 cm³/mol. The van der Waals surface area contributed by atoms with E-state index in [0.717, 1.165) is 0 Å². The van der Waals surface area contributed by atoms with Crippen molar-refractivity contribution in [2.24, 2.45) is 11.5 Å². The molecule has 0 saturated heterocycles. The van der Waals surface area contributed by atoms with Crippen molar-refractivity contribution in [2.75, 3.05) is 6.54 Å². The molecule has 4 N–H and O–H groups in total. The van der Waals surface area contributed by atoms with E-state index in [2.05, 4.69) is 0 Å². The third-order valence-corrected chi connectivity index (χ3v) is 0.776. The van der Waals surface area contributed by atoms with Crippen LogP contribution in [0.3, 0.4) is 0 Å². The summed E-state index contributed by atoms with van der Waals surface area (Å²) in [6.07, 6.45) is 0. The summed E-state index contributed by atoms with van der Waals surface area (Å²) < 4.78 is 0. The number of carbonyl (C=O) groups excluding carboxylic acids is 1. The van der Waals surface area contributed by atoms with Gasteiger partial charge >= 0.3 is 0 Å². The predicted octanol–water partition coefficient (Wildman–Crippen LogP) is 0.914. The fourth-order valence-electron chi connectivity index (χ4n) is 0.166. The molecule has 0 aliphatic rings. The normalized spacial score (nSPS) is 9.73. The first-order valence-electron chi connectivity index (χ1n) is 4.14. The van der Waals surface area contributed by atoms with Gasteiger partial charge in [-0.05, 0) is 6.92 Å². The van der Waals surface area contributed by atoms with Crippen LogP contribution < -0.4 is 11.5 Å². The lowest BCUT2D eigenvalue weighted by molar-refractivity contribution is -0.117. The monoisotopic (exact) mass is 162 g/mol. The van der Waals surface area contributed by atoms with E-state index < -0.39 is 6.04 Å². The van der Waals surface area contributed by atoms with Crippen LogP contribution in [0.5, 0.6) is 0 Å². The lowest BCUT2D eigenvalue weighted by Gasteiger charge is -1.99. The first-order chi connectivity index (χ1) is 5.18. The van der Waals surface area contributed by atoms with Gasteiger partial charge in [-0.1, -0.05) is 27.7 Å². The maximum absolute atomic E-state index is 10.2. The van der Waals surface area contributed by atoms with Crippen LogP contribution in [0.4, 0.5) is 0 Å². The molecule has 0 aliphatic carbocycles. The first kappa shape index (κ1) is 16.9. The molecule has 0 aliphatic heterocycles. The van der Waals surface area contributed by atoms with Gasteiger partial charge in [-0.3, -0.25) is 4.79 Å². The average Bonchev–Trinajstić information content (AvgIpc) is 2.10. The van der Waals surface area contributed by atoms with E-state index in [1.165, 1.54) is 6.92 Å². The van der Waals surface area contributed by atoms with Crippen LogP contribution in [-0.4, -0.2) is 18.4 Å². The van der Waals surface area contributed by atoms with Crippen LogP contribution in [-0.2, 0) is 4.79 Å². The molecule has 0 fully saturated rings. The molecule has 3 heteroatoms. The zero-order valence-electron chi connectivity index (χ0n) is 8.35. The Morgan fingerprint density at radius 1 is 1.27 bits per heavy atom. The minimum atomic E-state index is -0.458. The number of hydrogen-bond acceptors (Lipinski definition) is 3. The molecule has 0 bridgehead atoms. The molecule has 0 radical (unpaired) electrons. The molecule has 0 spiro atoms. The van der Waals surface area contributed by atoms with Gasteiger partial charge in [0.15, 0.2) is 0 Å². The summed E-state index contributed by atoms with van der Waals surface area (Å²) in [5, 5.41) is 0. The zero-order chi connectivity index (χ0) is 9.86. The standard InChI is InChI=1S/C4H10N2O.2C2H6/c1-3(7)4(6)2-5;2*1-2/h4H,2,5-6H2,1H3;2*1-2H3/t4-;;/m1../s1. The average molecular weight is 162 g/mol. The number of carbonyl (C=O) groups is 1. The topological polar surface area (TPSA) is 69.1 Å². The van der Waals surface area contributed by atoms with Crippen LogP contribution in [0.2, 0.25) is 0 Å². The molecule has 3 nitrogen and oxygen atoms in total. The van der Waals surface area contributed by atoms with Crippen LogP contribution in [0.25, 0.3) is 0 Å². The molecule has 70 valence electrons. The number of rotatable bonds is 2. The van der Waals surface area contributed by atoms with Gasteiger partial charge in [0.2, 0.25) is 0 Å². The highest BCUT2D eigenvalue weighted by Crippen LogP contribution is 1.72. The second-order valence-electron chi connectivity index (χ2n) is 1.45. The summed E-state index contributed by atoms with van der Waals surface area (Å²) in [7, 11) is 0. The summed E-state index contributed by atoms with van der Waals surface area (Å²) in [4.78, 5) is 10.2. The Hall–Kier alpha value is -0.410. The van der Waals surface area contributed by atoms with Gasteiger partial charge in [-0.25, -0.2) is 0 Å². The van der Waals surface area contributed by atoms with E-state index >= 15 is 0 Å². The molecular formula is C8H22N2O. The lowest BCUT2D eigenvalue weighted by Crippen LogP contribution is -2.35. The van der Waals surface area contributed by atoms with Gasteiger partial charge in [0.1, 0.15) is 5.78 Å². The summed E-state index contributed by atoms with van der Waals surface area (Å²) in [5.41, 5.74) is 10.2. The van der Waals surface area contributed by atoms with Gasteiger partial charge in [0.25, 0.3) is 0 Å². The van der Waals surface area contributed by atoms with Crippen LogP contribution in [0.15, 0.2) is 0 Å². The Kier molecular flexibility index (Phi) is 25.0. The van der Waals surface area contributed by atoms with Crippen LogP contribution >= 0.6 is 0 Å². The Morgan fingerprint density at radius 3 is 1.55 bits per heavy atom. The van der Waals surface area contributed by atoms with Gasteiger partial charge in [-0.15, -0.1) is 0 Å². The van der Waals surface area contributed by atoms with Gasteiger partial charge in [-0.2, -0.15) is 0 Å².